The first kappa shape index (κ1) is 18.1. The van der Waals surface area contributed by atoms with Gasteiger partial charge in [-0.2, -0.15) is 18.3 Å². The fourth-order valence-corrected chi connectivity index (χ4v) is 3.76. The first-order valence-electron chi connectivity index (χ1n) is 9.65. The van der Waals surface area contributed by atoms with Crippen molar-refractivity contribution in [3.63, 3.8) is 0 Å². The third kappa shape index (κ3) is 3.47. The minimum absolute atomic E-state index is 0.121. The van der Waals surface area contributed by atoms with Gasteiger partial charge < -0.3 is 9.80 Å². The fourth-order valence-electron chi connectivity index (χ4n) is 3.76. The highest BCUT2D eigenvalue weighted by Gasteiger charge is 2.34. The molecule has 7 nitrogen and oxygen atoms in total. The molecular weight excluding hydrogens is 383 g/mol. The molecule has 1 aliphatic heterocycles. The molecule has 1 aliphatic carbocycles. The zero-order chi connectivity index (χ0) is 20.2. The van der Waals surface area contributed by atoms with Gasteiger partial charge in [-0.05, 0) is 25.8 Å². The maximum absolute atomic E-state index is 13.1. The largest absolute Gasteiger partial charge is 0.433 e. The van der Waals surface area contributed by atoms with E-state index < -0.39 is 11.9 Å². The summed E-state index contributed by atoms with van der Waals surface area (Å²) in [6, 6.07) is 3.14. The summed E-state index contributed by atoms with van der Waals surface area (Å²) in [6.07, 6.45) is 1.48. The van der Waals surface area contributed by atoms with Crippen molar-refractivity contribution in [1.29, 1.82) is 0 Å². The quantitative estimate of drug-likeness (QED) is 0.670. The monoisotopic (exact) mass is 403 g/mol. The van der Waals surface area contributed by atoms with Crippen LogP contribution in [0.3, 0.4) is 0 Å². The number of rotatable bonds is 3. The molecule has 3 aromatic rings. The molecule has 0 radical (unpaired) electrons. The summed E-state index contributed by atoms with van der Waals surface area (Å²) >= 11 is 0. The number of anilines is 2. The molecule has 3 aromatic heterocycles. The van der Waals surface area contributed by atoms with Gasteiger partial charge in [0.05, 0.1) is 5.69 Å². The van der Waals surface area contributed by atoms with Crippen LogP contribution in [0.5, 0.6) is 0 Å². The van der Waals surface area contributed by atoms with Crippen LogP contribution < -0.4 is 9.80 Å². The number of halogens is 3. The summed E-state index contributed by atoms with van der Waals surface area (Å²) in [7, 11) is 0. The van der Waals surface area contributed by atoms with Crippen LogP contribution in [0.2, 0.25) is 0 Å². The van der Waals surface area contributed by atoms with Crippen molar-refractivity contribution >= 4 is 17.2 Å². The Morgan fingerprint density at radius 2 is 1.72 bits per heavy atom. The van der Waals surface area contributed by atoms with E-state index in [4.69, 9.17) is 0 Å². The highest BCUT2D eigenvalue weighted by molar-refractivity contribution is 5.70. The van der Waals surface area contributed by atoms with Crippen LogP contribution in [0, 0.1) is 6.92 Å². The van der Waals surface area contributed by atoms with Gasteiger partial charge in [0.2, 0.25) is 0 Å². The lowest BCUT2D eigenvalue weighted by molar-refractivity contribution is -0.141. The number of aromatic nitrogens is 5. The SMILES string of the molecule is Cc1nc(N2CCN(c3nccn4nc(C5CC5)cc34)CC2)cc(C(F)(F)F)n1. The number of piperazine rings is 1. The van der Waals surface area contributed by atoms with E-state index in [9.17, 15) is 13.2 Å². The average Bonchev–Trinajstić information content (AvgIpc) is 3.45. The molecule has 0 amide bonds. The molecule has 5 rings (SSSR count). The summed E-state index contributed by atoms with van der Waals surface area (Å²) < 4.78 is 41.1. The number of hydrogen-bond donors (Lipinski definition) is 0. The number of hydrogen-bond acceptors (Lipinski definition) is 6. The molecule has 10 heteroatoms. The second-order valence-electron chi connectivity index (χ2n) is 7.55. The number of aryl methyl sites for hydroxylation is 1. The summed E-state index contributed by atoms with van der Waals surface area (Å²) in [5, 5.41) is 4.65. The van der Waals surface area contributed by atoms with Crippen molar-refractivity contribution in [2.75, 3.05) is 36.0 Å². The van der Waals surface area contributed by atoms with E-state index in [-0.39, 0.29) is 5.82 Å². The molecule has 152 valence electrons. The second-order valence-corrected chi connectivity index (χ2v) is 7.55. The summed E-state index contributed by atoms with van der Waals surface area (Å²) in [5.74, 6) is 1.86. The zero-order valence-corrected chi connectivity index (χ0v) is 15.9. The summed E-state index contributed by atoms with van der Waals surface area (Å²) in [5.41, 5.74) is 1.18. The Hall–Kier alpha value is -2.91. The van der Waals surface area contributed by atoms with Crippen molar-refractivity contribution in [3.8, 4) is 0 Å². The Balaban J connectivity index is 1.36. The molecule has 29 heavy (non-hydrogen) atoms. The van der Waals surface area contributed by atoms with Crippen LogP contribution in [0.25, 0.3) is 5.52 Å². The van der Waals surface area contributed by atoms with Crippen molar-refractivity contribution in [1.82, 2.24) is 24.6 Å². The highest BCUT2D eigenvalue weighted by atomic mass is 19.4. The predicted octanol–water partition coefficient (Wildman–Crippen LogP) is 3.05. The Morgan fingerprint density at radius 1 is 1.00 bits per heavy atom. The minimum Gasteiger partial charge on any atom is -0.353 e. The Morgan fingerprint density at radius 3 is 2.41 bits per heavy atom. The van der Waals surface area contributed by atoms with Crippen LogP contribution in [0.4, 0.5) is 24.8 Å². The smallest absolute Gasteiger partial charge is 0.353 e. The molecule has 0 N–H and O–H groups in total. The van der Waals surface area contributed by atoms with Crippen molar-refractivity contribution in [2.45, 2.75) is 31.9 Å². The number of nitrogens with zero attached hydrogens (tertiary/aromatic N) is 7. The topological polar surface area (TPSA) is 62.5 Å². The van der Waals surface area contributed by atoms with Gasteiger partial charge in [-0.25, -0.2) is 19.5 Å². The molecule has 2 fully saturated rings. The van der Waals surface area contributed by atoms with Gasteiger partial charge in [0.1, 0.15) is 22.9 Å². The zero-order valence-electron chi connectivity index (χ0n) is 15.9. The van der Waals surface area contributed by atoms with Gasteiger partial charge in [0, 0.05) is 50.6 Å². The molecule has 4 heterocycles. The van der Waals surface area contributed by atoms with Crippen LogP contribution in [-0.2, 0) is 6.18 Å². The van der Waals surface area contributed by atoms with Crippen LogP contribution in [-0.4, -0.2) is 50.7 Å². The van der Waals surface area contributed by atoms with Crippen molar-refractivity contribution in [2.24, 2.45) is 0 Å². The second kappa shape index (κ2) is 6.57. The lowest BCUT2D eigenvalue weighted by atomic mass is 10.2. The molecule has 0 aromatic carbocycles. The molecule has 2 aliphatic rings. The minimum atomic E-state index is -4.48. The number of alkyl halides is 3. The van der Waals surface area contributed by atoms with E-state index in [0.717, 1.165) is 23.1 Å². The first-order chi connectivity index (χ1) is 13.9. The van der Waals surface area contributed by atoms with Gasteiger partial charge in [0.15, 0.2) is 5.82 Å². The molecule has 0 atom stereocenters. The normalized spacial score (nSPS) is 17.9. The average molecular weight is 403 g/mol. The van der Waals surface area contributed by atoms with Crippen LogP contribution in [0.1, 0.15) is 36.0 Å². The van der Waals surface area contributed by atoms with Gasteiger partial charge in [-0.3, -0.25) is 0 Å². The molecule has 0 unspecified atom stereocenters. The standard InChI is InChI=1S/C19H20F3N7/c1-12-24-16(19(20,21)22)11-17(25-12)27-6-8-28(9-7-27)18-15-10-14(13-2-3-13)26-29(15)5-4-23-18/h4-5,10-11,13H,2-3,6-9H2,1H3. The van der Waals surface area contributed by atoms with E-state index in [0.29, 0.717) is 37.9 Å². The molecule has 0 spiro atoms. The number of fused-ring (bicyclic) bond motifs is 1. The van der Waals surface area contributed by atoms with E-state index in [2.05, 4.69) is 31.0 Å². The third-order valence-corrected chi connectivity index (χ3v) is 5.40. The maximum Gasteiger partial charge on any atom is 0.433 e. The molecule has 1 saturated heterocycles. The third-order valence-electron chi connectivity index (χ3n) is 5.40. The van der Waals surface area contributed by atoms with Crippen LogP contribution >= 0.6 is 0 Å². The Bertz CT molecular complexity index is 1050. The summed E-state index contributed by atoms with van der Waals surface area (Å²) in [4.78, 5) is 16.3. The lowest BCUT2D eigenvalue weighted by Crippen LogP contribution is -2.47. The lowest BCUT2D eigenvalue weighted by Gasteiger charge is -2.36. The first-order valence-corrected chi connectivity index (χ1v) is 9.65. The van der Waals surface area contributed by atoms with Gasteiger partial charge in [0.25, 0.3) is 0 Å². The maximum atomic E-state index is 13.1. The van der Waals surface area contributed by atoms with E-state index >= 15 is 0 Å². The Kier molecular flexibility index (Phi) is 4.11. The van der Waals surface area contributed by atoms with Crippen molar-refractivity contribution in [3.05, 3.63) is 41.7 Å². The van der Waals surface area contributed by atoms with Gasteiger partial charge in [-0.1, -0.05) is 0 Å². The summed E-state index contributed by atoms with van der Waals surface area (Å²) in [6.45, 7) is 3.87. The highest BCUT2D eigenvalue weighted by Crippen LogP contribution is 2.40. The van der Waals surface area contributed by atoms with E-state index in [1.54, 1.807) is 6.20 Å². The van der Waals surface area contributed by atoms with E-state index in [1.807, 2.05) is 15.6 Å². The Labute approximate surface area is 165 Å². The van der Waals surface area contributed by atoms with Gasteiger partial charge in [-0.15, -0.1) is 0 Å². The molecular formula is C19H20F3N7. The van der Waals surface area contributed by atoms with Crippen LogP contribution in [0.15, 0.2) is 24.5 Å². The van der Waals surface area contributed by atoms with E-state index in [1.165, 1.54) is 19.8 Å². The van der Waals surface area contributed by atoms with Crippen molar-refractivity contribution < 1.29 is 13.2 Å². The predicted molar refractivity (Wildman–Crippen MR) is 101 cm³/mol. The van der Waals surface area contributed by atoms with Gasteiger partial charge >= 0.3 is 6.18 Å². The molecule has 0 bridgehead atoms. The fraction of sp³-hybridized carbons (Fsp3) is 0.474. The molecule has 1 saturated carbocycles.